The summed E-state index contributed by atoms with van der Waals surface area (Å²) in [7, 11) is 0. The molecule has 0 saturated carbocycles. The van der Waals surface area contributed by atoms with E-state index in [9.17, 15) is 4.79 Å². The van der Waals surface area contributed by atoms with Crippen LogP contribution in [-0.2, 0) is 6.54 Å². The highest BCUT2D eigenvalue weighted by molar-refractivity contribution is 7.13. The van der Waals surface area contributed by atoms with Gasteiger partial charge in [0.05, 0.1) is 17.7 Å². The highest BCUT2D eigenvalue weighted by atomic mass is 32.1. The van der Waals surface area contributed by atoms with E-state index >= 15 is 0 Å². The van der Waals surface area contributed by atoms with Crippen LogP contribution in [0.2, 0.25) is 0 Å². The van der Waals surface area contributed by atoms with E-state index in [-0.39, 0.29) is 5.56 Å². The van der Waals surface area contributed by atoms with Gasteiger partial charge in [-0.1, -0.05) is 6.07 Å². The molecule has 0 radical (unpaired) electrons. The highest BCUT2D eigenvalue weighted by Gasteiger charge is 2.08. The molecule has 0 saturated heterocycles. The number of anilines is 1. The molecule has 2 N–H and O–H groups in total. The molecule has 0 bridgehead atoms. The summed E-state index contributed by atoms with van der Waals surface area (Å²) in [5, 5.41) is 12.7. The van der Waals surface area contributed by atoms with E-state index in [1.54, 1.807) is 12.3 Å². The molecule has 0 fully saturated rings. The molecule has 3 rings (SSSR count). The van der Waals surface area contributed by atoms with Crippen molar-refractivity contribution in [2.45, 2.75) is 6.54 Å². The van der Waals surface area contributed by atoms with Gasteiger partial charge in [-0.15, -0.1) is 21.5 Å². The molecule has 6 nitrogen and oxygen atoms in total. The minimum absolute atomic E-state index is 0.264. The lowest BCUT2D eigenvalue weighted by Crippen LogP contribution is -2.16. The summed E-state index contributed by atoms with van der Waals surface area (Å²) in [5.41, 5.74) is 0.0675. The maximum Gasteiger partial charge on any atom is 0.279 e. The molecule has 0 spiro atoms. The van der Waals surface area contributed by atoms with Crippen molar-refractivity contribution >= 4 is 17.3 Å². The van der Waals surface area contributed by atoms with Gasteiger partial charge in [-0.05, 0) is 23.6 Å². The highest BCUT2D eigenvalue weighted by Crippen LogP contribution is 2.18. The first kappa shape index (κ1) is 11.7. The number of thiophene rings is 1. The lowest BCUT2D eigenvalue weighted by Gasteiger charge is -2.02. The number of nitrogens with one attached hydrogen (secondary N) is 2. The van der Waals surface area contributed by atoms with E-state index < -0.39 is 0 Å². The predicted molar refractivity (Wildman–Crippen MR) is 72.0 cm³/mol. The Kier molecular flexibility index (Phi) is 3.11. The molecule has 0 aliphatic heterocycles. The van der Waals surface area contributed by atoms with Crippen molar-refractivity contribution in [1.82, 2.24) is 15.2 Å². The number of furan rings is 1. The molecule has 3 heterocycles. The fourth-order valence-electron chi connectivity index (χ4n) is 1.58. The number of hydrogen-bond acceptors (Lipinski definition) is 6. The number of H-pyrrole nitrogens is 1. The van der Waals surface area contributed by atoms with Crippen LogP contribution in [-0.4, -0.2) is 15.2 Å². The molecule has 3 aromatic heterocycles. The Bertz CT molecular complexity index is 704. The molecule has 0 aliphatic carbocycles. The van der Waals surface area contributed by atoms with Crippen molar-refractivity contribution in [2.24, 2.45) is 0 Å². The van der Waals surface area contributed by atoms with Crippen LogP contribution < -0.4 is 10.9 Å². The van der Waals surface area contributed by atoms with E-state index in [4.69, 9.17) is 4.42 Å². The van der Waals surface area contributed by atoms with Crippen molar-refractivity contribution < 1.29 is 4.42 Å². The molecule has 19 heavy (non-hydrogen) atoms. The maximum atomic E-state index is 11.9. The lowest BCUT2D eigenvalue weighted by molar-refractivity contribution is 0.517. The van der Waals surface area contributed by atoms with Crippen molar-refractivity contribution in [3.05, 3.63) is 52.0 Å². The molecule has 7 heteroatoms. The van der Waals surface area contributed by atoms with Crippen LogP contribution in [0.1, 0.15) is 5.76 Å². The van der Waals surface area contributed by atoms with Crippen LogP contribution in [0.15, 0.2) is 45.1 Å². The Labute approximate surface area is 112 Å². The average molecular weight is 274 g/mol. The average Bonchev–Trinajstić information content (AvgIpc) is 3.10. The van der Waals surface area contributed by atoms with Gasteiger partial charge in [0.15, 0.2) is 5.69 Å². The molecular weight excluding hydrogens is 264 g/mol. The van der Waals surface area contributed by atoms with Gasteiger partial charge in [-0.3, -0.25) is 9.78 Å². The summed E-state index contributed by atoms with van der Waals surface area (Å²) in [4.78, 5) is 15.3. The number of hydrogen-bond donors (Lipinski definition) is 2. The first-order valence-electron chi connectivity index (χ1n) is 5.60. The van der Waals surface area contributed by atoms with Gasteiger partial charge >= 0.3 is 0 Å². The lowest BCUT2D eigenvalue weighted by atomic mass is 10.4. The number of nitrogens with zero attached hydrogens (tertiary/aromatic N) is 2. The summed E-state index contributed by atoms with van der Waals surface area (Å²) in [6.45, 7) is 0.440. The molecule has 0 aromatic carbocycles. The SMILES string of the molecule is O=c1[nH]c(NCc2ccco2)nnc1-c1cccs1. The quantitative estimate of drug-likeness (QED) is 0.761. The summed E-state index contributed by atoms with van der Waals surface area (Å²) in [6, 6.07) is 7.33. The zero-order valence-corrected chi connectivity index (χ0v) is 10.6. The summed E-state index contributed by atoms with van der Waals surface area (Å²) in [5.74, 6) is 1.08. The molecule has 3 aromatic rings. The van der Waals surface area contributed by atoms with Crippen molar-refractivity contribution in [3.63, 3.8) is 0 Å². The van der Waals surface area contributed by atoms with E-state index in [0.29, 0.717) is 18.2 Å². The van der Waals surface area contributed by atoms with Gasteiger partial charge in [0.25, 0.3) is 5.56 Å². The van der Waals surface area contributed by atoms with Gasteiger partial charge in [0.2, 0.25) is 5.95 Å². The van der Waals surface area contributed by atoms with E-state index in [1.807, 2.05) is 23.6 Å². The van der Waals surface area contributed by atoms with Crippen molar-refractivity contribution in [1.29, 1.82) is 0 Å². The minimum atomic E-state index is -0.264. The standard InChI is InChI=1S/C12H10N4O2S/c17-11-10(9-4-2-6-19-9)15-16-12(14-11)13-7-8-3-1-5-18-8/h1-6H,7H2,(H2,13,14,16,17). The smallest absolute Gasteiger partial charge is 0.279 e. The summed E-state index contributed by atoms with van der Waals surface area (Å²) in [6.07, 6.45) is 1.59. The zero-order chi connectivity index (χ0) is 13.1. The fourth-order valence-corrected chi connectivity index (χ4v) is 2.28. The third-order valence-corrected chi connectivity index (χ3v) is 3.34. The third-order valence-electron chi connectivity index (χ3n) is 2.46. The number of rotatable bonds is 4. The second-order valence-electron chi connectivity index (χ2n) is 3.76. The monoisotopic (exact) mass is 274 g/mol. The molecular formula is C12H10N4O2S. The van der Waals surface area contributed by atoms with Gasteiger partial charge in [0, 0.05) is 0 Å². The topological polar surface area (TPSA) is 83.8 Å². The van der Waals surface area contributed by atoms with Crippen LogP contribution in [0.25, 0.3) is 10.6 Å². The Morgan fingerprint density at radius 3 is 2.95 bits per heavy atom. The van der Waals surface area contributed by atoms with E-state index in [1.165, 1.54) is 11.3 Å². The fraction of sp³-hybridized carbons (Fsp3) is 0.0833. The van der Waals surface area contributed by atoms with Crippen LogP contribution in [0, 0.1) is 0 Å². The predicted octanol–water partition coefficient (Wildman–Crippen LogP) is 2.10. The Balaban J connectivity index is 1.78. The largest absolute Gasteiger partial charge is 0.467 e. The summed E-state index contributed by atoms with van der Waals surface area (Å²) >= 11 is 1.45. The van der Waals surface area contributed by atoms with Gasteiger partial charge in [0.1, 0.15) is 5.76 Å². The number of aromatic nitrogens is 3. The normalized spacial score (nSPS) is 10.5. The van der Waals surface area contributed by atoms with Crippen LogP contribution >= 0.6 is 11.3 Å². The van der Waals surface area contributed by atoms with E-state index in [0.717, 1.165) is 10.6 Å². The molecule has 0 atom stereocenters. The minimum Gasteiger partial charge on any atom is -0.467 e. The molecule has 0 amide bonds. The third kappa shape index (κ3) is 2.55. The second-order valence-corrected chi connectivity index (χ2v) is 4.71. The maximum absolute atomic E-state index is 11.9. The van der Waals surface area contributed by atoms with Gasteiger partial charge in [-0.25, -0.2) is 0 Å². The van der Waals surface area contributed by atoms with E-state index in [2.05, 4.69) is 20.5 Å². The second kappa shape index (κ2) is 5.07. The van der Waals surface area contributed by atoms with Crippen molar-refractivity contribution in [2.75, 3.05) is 5.32 Å². The Morgan fingerprint density at radius 1 is 1.32 bits per heavy atom. The van der Waals surface area contributed by atoms with Gasteiger partial charge in [-0.2, -0.15) is 0 Å². The van der Waals surface area contributed by atoms with Crippen molar-refractivity contribution in [3.8, 4) is 10.6 Å². The number of aromatic amines is 1. The van der Waals surface area contributed by atoms with Crippen LogP contribution in [0.3, 0.4) is 0 Å². The van der Waals surface area contributed by atoms with Crippen LogP contribution in [0.5, 0.6) is 0 Å². The molecule has 96 valence electrons. The van der Waals surface area contributed by atoms with Gasteiger partial charge < -0.3 is 9.73 Å². The summed E-state index contributed by atoms with van der Waals surface area (Å²) < 4.78 is 5.17. The molecule has 0 aliphatic rings. The van der Waals surface area contributed by atoms with Crippen LogP contribution in [0.4, 0.5) is 5.95 Å². The Morgan fingerprint density at radius 2 is 2.26 bits per heavy atom. The molecule has 0 unspecified atom stereocenters. The zero-order valence-electron chi connectivity index (χ0n) is 9.79. The first-order chi connectivity index (χ1) is 9.33. The Hall–Kier alpha value is -2.41. The first-order valence-corrected chi connectivity index (χ1v) is 6.48.